The number of amides is 4. The molecule has 0 spiro atoms. The number of nitrogen functional groups attached to an aromatic ring is 1. The van der Waals surface area contributed by atoms with Crippen LogP contribution < -0.4 is 20.7 Å². The van der Waals surface area contributed by atoms with E-state index < -0.39 is 47.4 Å². The van der Waals surface area contributed by atoms with Gasteiger partial charge in [-0.05, 0) is 75.3 Å². The van der Waals surface area contributed by atoms with Crippen molar-refractivity contribution in [1.29, 1.82) is 0 Å². The number of hydrogen-bond acceptors (Lipinski definition) is 10. The van der Waals surface area contributed by atoms with Gasteiger partial charge >= 0.3 is 0 Å². The van der Waals surface area contributed by atoms with Crippen molar-refractivity contribution in [2.24, 2.45) is 5.92 Å². The number of pyridine rings is 1. The number of carbonyl (C=O) groups is 4. The Balaban J connectivity index is 0.838. The highest BCUT2D eigenvalue weighted by atomic mass is 35.5. The Labute approximate surface area is 337 Å². The maximum Gasteiger partial charge on any atom is 0.262 e. The molecule has 17 heteroatoms. The summed E-state index contributed by atoms with van der Waals surface area (Å²) in [6, 6.07) is 6.05. The van der Waals surface area contributed by atoms with Gasteiger partial charge in [-0.1, -0.05) is 23.2 Å². The molecular formula is C40H40Cl2F2N8O5. The van der Waals surface area contributed by atoms with Crippen molar-refractivity contribution in [2.75, 3.05) is 43.4 Å². The van der Waals surface area contributed by atoms with Crippen LogP contribution in [0.15, 0.2) is 48.9 Å². The summed E-state index contributed by atoms with van der Waals surface area (Å²) in [5, 5.41) is 7.03. The molecule has 4 amide bonds. The highest BCUT2D eigenvalue weighted by molar-refractivity contribution is 6.36. The van der Waals surface area contributed by atoms with Crippen LogP contribution in [0.25, 0.3) is 11.1 Å². The Kier molecular flexibility index (Phi) is 10.7. The Morgan fingerprint density at radius 1 is 0.912 bits per heavy atom. The number of halogens is 4. The van der Waals surface area contributed by atoms with Crippen molar-refractivity contribution < 1.29 is 32.7 Å². The SMILES string of the molecule is CC(Oc1cc(-c2cnn(C3CCC(CN4CCN(c5cc6c(cc5F)C(=O)N(C5CCC(=O)NC5=O)C6=O)CC4)CC3)c2)cnc1N)c1c(Cl)ccc(F)c1Cl. The number of nitrogens with zero attached hydrogens (tertiary/aromatic N) is 6. The number of rotatable bonds is 9. The molecule has 4 aromatic rings. The molecule has 1 aliphatic carbocycles. The lowest BCUT2D eigenvalue weighted by molar-refractivity contribution is -0.136. The summed E-state index contributed by atoms with van der Waals surface area (Å²) in [5.74, 6) is -2.75. The minimum absolute atomic E-state index is 0.0116. The van der Waals surface area contributed by atoms with E-state index in [0.29, 0.717) is 30.3 Å². The third-order valence-electron chi connectivity index (χ3n) is 11.5. The van der Waals surface area contributed by atoms with Gasteiger partial charge in [-0.3, -0.25) is 39.0 Å². The van der Waals surface area contributed by atoms with Crippen LogP contribution >= 0.6 is 23.2 Å². The van der Waals surface area contributed by atoms with Crippen LogP contribution in [0.2, 0.25) is 10.0 Å². The molecule has 1 saturated carbocycles. The molecule has 3 aliphatic heterocycles. The number of benzene rings is 2. The Bertz CT molecular complexity index is 2270. The fourth-order valence-electron chi connectivity index (χ4n) is 8.41. The number of nitrogens with two attached hydrogens (primary N) is 1. The van der Waals surface area contributed by atoms with Gasteiger partial charge in [0.1, 0.15) is 23.8 Å². The smallest absolute Gasteiger partial charge is 0.262 e. The fraction of sp³-hybridized carbons (Fsp3) is 0.400. The van der Waals surface area contributed by atoms with E-state index in [1.165, 1.54) is 18.2 Å². The van der Waals surface area contributed by atoms with Crippen LogP contribution in [0.4, 0.5) is 20.3 Å². The first-order valence-corrected chi connectivity index (χ1v) is 19.7. The predicted molar refractivity (Wildman–Crippen MR) is 208 cm³/mol. The Morgan fingerprint density at radius 2 is 1.63 bits per heavy atom. The minimum atomic E-state index is -1.11. The van der Waals surface area contributed by atoms with Crippen molar-refractivity contribution in [3.8, 4) is 16.9 Å². The van der Waals surface area contributed by atoms with Gasteiger partial charge in [-0.25, -0.2) is 13.8 Å². The molecule has 8 rings (SSSR count). The van der Waals surface area contributed by atoms with Gasteiger partial charge in [0.05, 0.1) is 34.1 Å². The lowest BCUT2D eigenvalue weighted by Gasteiger charge is -2.39. The number of imide groups is 2. The quantitative estimate of drug-likeness (QED) is 0.147. The molecule has 3 fully saturated rings. The van der Waals surface area contributed by atoms with Gasteiger partial charge < -0.3 is 15.4 Å². The van der Waals surface area contributed by atoms with E-state index in [4.69, 9.17) is 33.7 Å². The molecule has 2 saturated heterocycles. The first-order valence-electron chi connectivity index (χ1n) is 19.0. The Hall–Kier alpha value is -5.12. The molecule has 57 heavy (non-hydrogen) atoms. The van der Waals surface area contributed by atoms with E-state index in [1.54, 1.807) is 25.4 Å². The molecule has 13 nitrogen and oxygen atoms in total. The third kappa shape index (κ3) is 7.55. The van der Waals surface area contributed by atoms with Crippen LogP contribution in [0, 0.1) is 17.6 Å². The molecule has 0 bridgehead atoms. The summed E-state index contributed by atoms with van der Waals surface area (Å²) < 4.78 is 37.7. The number of anilines is 2. The van der Waals surface area contributed by atoms with Gasteiger partial charge in [0, 0.05) is 73.3 Å². The second-order valence-corrected chi connectivity index (χ2v) is 15.9. The van der Waals surface area contributed by atoms with E-state index in [-0.39, 0.29) is 51.6 Å². The van der Waals surface area contributed by atoms with E-state index in [2.05, 4.69) is 20.3 Å². The summed E-state index contributed by atoms with van der Waals surface area (Å²) in [6.07, 6.45) is 8.79. The minimum Gasteiger partial charge on any atom is -0.482 e. The van der Waals surface area contributed by atoms with Crippen molar-refractivity contribution in [2.45, 2.75) is 63.6 Å². The summed E-state index contributed by atoms with van der Waals surface area (Å²) in [7, 11) is 0. The molecule has 298 valence electrons. The molecule has 5 heterocycles. The molecule has 2 aromatic carbocycles. The zero-order valence-electron chi connectivity index (χ0n) is 31.0. The van der Waals surface area contributed by atoms with Gasteiger partial charge in [0.15, 0.2) is 11.6 Å². The lowest BCUT2D eigenvalue weighted by atomic mass is 9.85. The van der Waals surface area contributed by atoms with Crippen molar-refractivity contribution in [3.63, 3.8) is 0 Å². The average Bonchev–Trinajstić information content (AvgIpc) is 3.77. The van der Waals surface area contributed by atoms with Crippen molar-refractivity contribution in [3.05, 3.63) is 87.3 Å². The van der Waals surface area contributed by atoms with Crippen LogP contribution in [0.1, 0.15) is 83.9 Å². The molecule has 0 radical (unpaired) electrons. The number of hydrogen-bond donors (Lipinski definition) is 2. The Morgan fingerprint density at radius 3 is 2.35 bits per heavy atom. The molecule has 3 N–H and O–H groups in total. The van der Waals surface area contributed by atoms with Crippen LogP contribution in [-0.2, 0) is 9.59 Å². The summed E-state index contributed by atoms with van der Waals surface area (Å²) in [4.78, 5) is 59.9. The summed E-state index contributed by atoms with van der Waals surface area (Å²) >= 11 is 12.5. The zero-order valence-corrected chi connectivity index (χ0v) is 32.5. The van der Waals surface area contributed by atoms with Gasteiger partial charge in [0.25, 0.3) is 11.8 Å². The highest BCUT2D eigenvalue weighted by Gasteiger charge is 2.45. The molecular weight excluding hydrogens is 781 g/mol. The third-order valence-corrected chi connectivity index (χ3v) is 12.2. The highest BCUT2D eigenvalue weighted by Crippen LogP contribution is 2.39. The normalized spacial score (nSPS) is 22.2. The second kappa shape index (κ2) is 15.7. The number of carbonyl (C=O) groups excluding carboxylic acids is 4. The number of piperidine rings is 1. The lowest BCUT2D eigenvalue weighted by Crippen LogP contribution is -2.54. The van der Waals surface area contributed by atoms with Gasteiger partial charge in [0.2, 0.25) is 11.8 Å². The standard InChI is InChI=1S/C40H40Cl2F2N8O5/c1-21(35-28(41)6-7-29(43)36(35)42)57-33-14-23(17-46-37(33)45)24-18-47-51(20-24)25-4-2-22(3-5-25)19-49-10-12-50(13-11-49)32-16-27-26(15-30(32)44)39(55)52(40(27)56)31-8-9-34(53)48-38(31)54/h6-7,14-18,20-22,25,31H,2-5,8-13,19H2,1H3,(H2,45,46)(H,48,53,54). The van der Waals surface area contributed by atoms with E-state index in [0.717, 1.165) is 67.4 Å². The largest absolute Gasteiger partial charge is 0.482 e. The van der Waals surface area contributed by atoms with Crippen molar-refractivity contribution in [1.82, 2.24) is 29.9 Å². The summed E-state index contributed by atoms with van der Waals surface area (Å²) in [6.45, 7) is 5.18. The fourth-order valence-corrected chi connectivity index (χ4v) is 9.09. The number of nitrogens with one attached hydrogen (secondary N) is 1. The van der Waals surface area contributed by atoms with Gasteiger partial charge in [-0.2, -0.15) is 5.10 Å². The van der Waals surface area contributed by atoms with E-state index in [1.807, 2.05) is 15.8 Å². The molecule has 2 aromatic heterocycles. The average molecular weight is 822 g/mol. The van der Waals surface area contributed by atoms with Crippen LogP contribution in [-0.4, -0.2) is 87.0 Å². The summed E-state index contributed by atoms with van der Waals surface area (Å²) in [5.41, 5.74) is 8.32. The monoisotopic (exact) mass is 820 g/mol. The first-order chi connectivity index (χ1) is 27.4. The number of aromatic nitrogens is 3. The predicted octanol–water partition coefficient (Wildman–Crippen LogP) is 6.21. The number of fused-ring (bicyclic) bond motifs is 1. The number of piperazine rings is 1. The topological polar surface area (TPSA) is 156 Å². The molecule has 2 unspecified atom stereocenters. The second-order valence-electron chi connectivity index (χ2n) is 15.1. The zero-order chi connectivity index (χ0) is 40.1. The van der Waals surface area contributed by atoms with E-state index >= 15 is 4.39 Å². The van der Waals surface area contributed by atoms with Crippen molar-refractivity contribution >= 4 is 58.3 Å². The first kappa shape index (κ1) is 38.7. The maximum atomic E-state index is 15.4. The van der Waals surface area contributed by atoms with Crippen LogP contribution in [0.3, 0.4) is 0 Å². The van der Waals surface area contributed by atoms with E-state index in [9.17, 15) is 23.6 Å². The van der Waals surface area contributed by atoms with Crippen LogP contribution in [0.5, 0.6) is 5.75 Å². The van der Waals surface area contributed by atoms with Gasteiger partial charge in [-0.15, -0.1) is 0 Å². The maximum absolute atomic E-state index is 15.4. The molecule has 4 aliphatic rings. The number of ether oxygens (including phenoxy) is 1. The molecule has 2 atom stereocenters.